The van der Waals surface area contributed by atoms with Crippen LogP contribution >= 0.6 is 0 Å². The van der Waals surface area contributed by atoms with Crippen molar-refractivity contribution in [3.8, 4) is 17.2 Å². The van der Waals surface area contributed by atoms with Crippen molar-refractivity contribution in [2.75, 3.05) is 14.2 Å². The molecule has 1 aliphatic carbocycles. The summed E-state index contributed by atoms with van der Waals surface area (Å²) >= 11 is 0. The maximum absolute atomic E-state index is 6.18. The molecule has 1 aliphatic rings. The van der Waals surface area contributed by atoms with Crippen molar-refractivity contribution < 1.29 is 14.2 Å². The van der Waals surface area contributed by atoms with Crippen LogP contribution < -0.4 is 19.5 Å². The van der Waals surface area contributed by atoms with E-state index in [1.165, 1.54) is 17.5 Å². The maximum Gasteiger partial charge on any atom is 0.162 e. The van der Waals surface area contributed by atoms with Crippen LogP contribution in [0.5, 0.6) is 17.2 Å². The van der Waals surface area contributed by atoms with Gasteiger partial charge in [-0.15, -0.1) is 0 Å². The Kier molecular flexibility index (Phi) is 6.77. The molecule has 27 heavy (non-hydrogen) atoms. The summed E-state index contributed by atoms with van der Waals surface area (Å²) in [6, 6.07) is 14.5. The number of hydrogen-bond acceptors (Lipinski definition) is 4. The van der Waals surface area contributed by atoms with Gasteiger partial charge in [0.05, 0.1) is 14.2 Å². The first kappa shape index (κ1) is 19.3. The third kappa shape index (κ3) is 5.27. The molecule has 0 bridgehead atoms. The van der Waals surface area contributed by atoms with Gasteiger partial charge in [0.25, 0.3) is 0 Å². The lowest BCUT2D eigenvalue weighted by atomic mass is 10.1. The second kappa shape index (κ2) is 9.47. The Morgan fingerprint density at radius 2 is 1.85 bits per heavy atom. The number of nitrogens with one attached hydrogen (secondary N) is 1. The Labute approximate surface area is 162 Å². The van der Waals surface area contributed by atoms with E-state index in [-0.39, 0.29) is 12.1 Å². The van der Waals surface area contributed by atoms with Gasteiger partial charge in [-0.2, -0.15) is 0 Å². The van der Waals surface area contributed by atoms with Crippen molar-refractivity contribution in [2.45, 2.75) is 44.9 Å². The quantitative estimate of drug-likeness (QED) is 0.663. The fourth-order valence-corrected chi connectivity index (χ4v) is 3.25. The third-order valence-electron chi connectivity index (χ3n) is 4.94. The summed E-state index contributed by atoms with van der Waals surface area (Å²) < 4.78 is 16.9. The van der Waals surface area contributed by atoms with Crippen molar-refractivity contribution >= 4 is 0 Å². The molecule has 0 radical (unpaired) electrons. The Morgan fingerprint density at radius 1 is 1.04 bits per heavy atom. The number of allylic oxidation sites excluding steroid dienone is 1. The topological polar surface area (TPSA) is 39.7 Å². The second-order valence-electron chi connectivity index (χ2n) is 6.88. The van der Waals surface area contributed by atoms with Crippen LogP contribution in [0.25, 0.3) is 0 Å². The predicted molar refractivity (Wildman–Crippen MR) is 109 cm³/mol. The summed E-state index contributed by atoms with van der Waals surface area (Å²) in [5.74, 6) is 2.46. The highest BCUT2D eigenvalue weighted by Crippen LogP contribution is 2.31. The van der Waals surface area contributed by atoms with Gasteiger partial charge in [-0.3, -0.25) is 0 Å². The number of ether oxygens (including phenoxy) is 3. The van der Waals surface area contributed by atoms with Crippen LogP contribution in [0.1, 0.15) is 43.4 Å². The fraction of sp³-hybridized carbons (Fsp3) is 0.391. The molecule has 1 N–H and O–H groups in total. The highest BCUT2D eigenvalue weighted by Gasteiger charge is 2.14. The summed E-state index contributed by atoms with van der Waals surface area (Å²) in [6.45, 7) is 2.92. The Balaban J connectivity index is 1.64. The fourth-order valence-electron chi connectivity index (χ4n) is 3.25. The first-order valence-electron chi connectivity index (χ1n) is 9.57. The summed E-state index contributed by atoms with van der Waals surface area (Å²) in [4.78, 5) is 0. The molecule has 0 amide bonds. The van der Waals surface area contributed by atoms with Gasteiger partial charge in [0.15, 0.2) is 11.5 Å². The highest BCUT2D eigenvalue weighted by molar-refractivity contribution is 5.43. The molecule has 4 nitrogen and oxygen atoms in total. The van der Waals surface area contributed by atoms with Crippen LogP contribution in [0.3, 0.4) is 0 Å². The summed E-state index contributed by atoms with van der Waals surface area (Å²) in [5.41, 5.74) is 2.40. The Morgan fingerprint density at radius 3 is 2.52 bits per heavy atom. The van der Waals surface area contributed by atoms with Crippen molar-refractivity contribution in [1.82, 2.24) is 5.32 Å². The van der Waals surface area contributed by atoms with Gasteiger partial charge in [-0.1, -0.05) is 24.3 Å². The van der Waals surface area contributed by atoms with Gasteiger partial charge in [-0.05, 0) is 67.7 Å². The van der Waals surface area contributed by atoms with Crippen LogP contribution in [0.15, 0.2) is 54.6 Å². The highest BCUT2D eigenvalue weighted by atomic mass is 16.5. The zero-order valence-corrected chi connectivity index (χ0v) is 16.4. The molecule has 0 aromatic heterocycles. The van der Waals surface area contributed by atoms with Gasteiger partial charge >= 0.3 is 0 Å². The molecule has 0 fully saturated rings. The van der Waals surface area contributed by atoms with Crippen molar-refractivity contribution in [3.05, 3.63) is 65.7 Å². The SMILES string of the molecule is COc1ccc(C(C)NCc2ccc(OC)c(OC3C=CCCC3)c2)cc1. The molecule has 2 aromatic carbocycles. The number of benzene rings is 2. The average Bonchev–Trinajstić information content (AvgIpc) is 2.73. The standard InChI is InChI=1S/C23H29NO3/c1-17(19-10-12-20(25-2)13-11-19)24-16-18-9-14-22(26-3)23(15-18)27-21-7-5-4-6-8-21/h5,7,9-15,17,21,24H,4,6,8,16H2,1-3H3. The molecule has 0 saturated carbocycles. The Hall–Kier alpha value is -2.46. The van der Waals surface area contributed by atoms with Gasteiger partial charge in [0.2, 0.25) is 0 Å². The van der Waals surface area contributed by atoms with E-state index in [4.69, 9.17) is 14.2 Å². The molecule has 0 saturated heterocycles. The second-order valence-corrected chi connectivity index (χ2v) is 6.88. The molecular weight excluding hydrogens is 338 g/mol. The van der Waals surface area contributed by atoms with Gasteiger partial charge in [0, 0.05) is 12.6 Å². The monoisotopic (exact) mass is 367 g/mol. The lowest BCUT2D eigenvalue weighted by molar-refractivity contribution is 0.219. The zero-order chi connectivity index (χ0) is 19.1. The van der Waals surface area contributed by atoms with E-state index in [0.29, 0.717) is 0 Å². The smallest absolute Gasteiger partial charge is 0.162 e. The van der Waals surface area contributed by atoms with Crippen molar-refractivity contribution in [1.29, 1.82) is 0 Å². The zero-order valence-electron chi connectivity index (χ0n) is 16.4. The van der Waals surface area contributed by atoms with E-state index in [1.54, 1.807) is 14.2 Å². The summed E-state index contributed by atoms with van der Waals surface area (Å²) in [5, 5.41) is 3.57. The maximum atomic E-state index is 6.18. The number of rotatable bonds is 8. The first-order valence-corrected chi connectivity index (χ1v) is 9.57. The van der Waals surface area contributed by atoms with Crippen molar-refractivity contribution in [3.63, 3.8) is 0 Å². The van der Waals surface area contributed by atoms with Gasteiger partial charge in [0.1, 0.15) is 11.9 Å². The van der Waals surface area contributed by atoms with E-state index in [1.807, 2.05) is 18.2 Å². The van der Waals surface area contributed by atoms with E-state index in [2.05, 4.69) is 48.7 Å². The third-order valence-corrected chi connectivity index (χ3v) is 4.94. The number of hydrogen-bond donors (Lipinski definition) is 1. The van der Waals surface area contributed by atoms with Gasteiger partial charge in [-0.25, -0.2) is 0 Å². The summed E-state index contributed by atoms with van der Waals surface area (Å²) in [7, 11) is 3.37. The molecule has 2 atom stereocenters. The average molecular weight is 367 g/mol. The normalized spacial score (nSPS) is 17.4. The van der Waals surface area contributed by atoms with E-state index in [0.717, 1.165) is 36.6 Å². The molecule has 0 spiro atoms. The lowest BCUT2D eigenvalue weighted by Gasteiger charge is -2.21. The number of methoxy groups -OCH3 is 2. The molecule has 2 aromatic rings. The van der Waals surface area contributed by atoms with E-state index >= 15 is 0 Å². The molecule has 0 heterocycles. The molecule has 144 valence electrons. The van der Waals surface area contributed by atoms with Crippen LogP contribution in [-0.2, 0) is 6.54 Å². The van der Waals surface area contributed by atoms with E-state index in [9.17, 15) is 0 Å². The van der Waals surface area contributed by atoms with E-state index < -0.39 is 0 Å². The van der Waals surface area contributed by atoms with Crippen LogP contribution in [0.4, 0.5) is 0 Å². The Bertz CT molecular complexity index is 755. The first-order chi connectivity index (χ1) is 13.2. The van der Waals surface area contributed by atoms with Crippen molar-refractivity contribution in [2.24, 2.45) is 0 Å². The minimum absolute atomic E-state index is 0.133. The molecular formula is C23H29NO3. The van der Waals surface area contributed by atoms with Crippen LogP contribution in [-0.4, -0.2) is 20.3 Å². The molecule has 0 aliphatic heterocycles. The molecule has 3 rings (SSSR count). The predicted octanol–water partition coefficient (Wildman–Crippen LogP) is 5.04. The lowest BCUT2D eigenvalue weighted by Crippen LogP contribution is -2.19. The van der Waals surface area contributed by atoms with Gasteiger partial charge < -0.3 is 19.5 Å². The minimum atomic E-state index is 0.133. The minimum Gasteiger partial charge on any atom is -0.497 e. The summed E-state index contributed by atoms with van der Waals surface area (Å²) in [6.07, 6.45) is 7.85. The van der Waals surface area contributed by atoms with Crippen LogP contribution in [0.2, 0.25) is 0 Å². The largest absolute Gasteiger partial charge is 0.497 e. The molecule has 2 unspecified atom stereocenters. The van der Waals surface area contributed by atoms with Crippen LogP contribution in [0, 0.1) is 0 Å². The molecule has 4 heteroatoms.